The van der Waals surface area contributed by atoms with E-state index in [1.165, 1.54) is 32.1 Å². The molecule has 0 aromatic rings. The number of nitrogens with two attached hydrogens (primary N) is 1. The smallest absolute Gasteiger partial charge is 0.00791 e. The van der Waals surface area contributed by atoms with Gasteiger partial charge in [-0.25, -0.2) is 0 Å². The molecule has 0 radical (unpaired) electrons. The highest BCUT2D eigenvalue weighted by molar-refractivity contribution is 5.09. The lowest BCUT2D eigenvalue weighted by atomic mass is 10.1. The van der Waals surface area contributed by atoms with Crippen LogP contribution in [-0.4, -0.2) is 6.04 Å². The van der Waals surface area contributed by atoms with Gasteiger partial charge in [0.1, 0.15) is 0 Å². The Morgan fingerprint density at radius 1 is 1.64 bits per heavy atom. The van der Waals surface area contributed by atoms with Crippen LogP contribution in [0.25, 0.3) is 0 Å². The second-order valence-electron chi connectivity index (χ2n) is 3.51. The molecule has 1 saturated carbocycles. The summed E-state index contributed by atoms with van der Waals surface area (Å²) in [6.07, 6.45) is 9.91. The van der Waals surface area contributed by atoms with Gasteiger partial charge in [0.25, 0.3) is 0 Å². The van der Waals surface area contributed by atoms with E-state index in [0.717, 1.165) is 6.42 Å². The molecule has 0 aliphatic heterocycles. The Balaban J connectivity index is 2.19. The number of unbranched alkanes of at least 4 members (excludes halogenated alkanes) is 2. The van der Waals surface area contributed by atoms with Crippen molar-refractivity contribution in [2.75, 3.05) is 0 Å². The van der Waals surface area contributed by atoms with Crippen molar-refractivity contribution in [3.8, 4) is 0 Å². The molecule has 64 valence electrons. The number of hydrogen-bond acceptors (Lipinski definition) is 1. The predicted octanol–water partition coefficient (Wildman–Crippen LogP) is 2.61. The zero-order chi connectivity index (χ0) is 8.10. The zero-order valence-electron chi connectivity index (χ0n) is 7.47. The van der Waals surface area contributed by atoms with E-state index in [9.17, 15) is 0 Å². The van der Waals surface area contributed by atoms with Crippen molar-refractivity contribution < 1.29 is 0 Å². The van der Waals surface area contributed by atoms with Gasteiger partial charge in [0.05, 0.1) is 0 Å². The number of rotatable bonds is 3. The Hall–Kier alpha value is -0.300. The van der Waals surface area contributed by atoms with Gasteiger partial charge in [-0.15, -0.1) is 0 Å². The fraction of sp³-hybridized carbons (Fsp3) is 0.800. The summed E-state index contributed by atoms with van der Waals surface area (Å²) in [5.74, 6) is 0. The third-order valence-corrected chi connectivity index (χ3v) is 2.35. The Kier molecular flexibility index (Phi) is 3.64. The van der Waals surface area contributed by atoms with Crippen molar-refractivity contribution in [2.24, 2.45) is 5.73 Å². The molecule has 0 spiro atoms. The van der Waals surface area contributed by atoms with Gasteiger partial charge in [-0.1, -0.05) is 31.4 Å². The molecule has 1 aliphatic carbocycles. The van der Waals surface area contributed by atoms with Crippen LogP contribution in [0.4, 0.5) is 0 Å². The first-order valence-electron chi connectivity index (χ1n) is 4.76. The van der Waals surface area contributed by atoms with Crippen LogP contribution in [-0.2, 0) is 0 Å². The molecule has 1 unspecified atom stereocenters. The minimum Gasteiger partial charge on any atom is -0.327 e. The highest BCUT2D eigenvalue weighted by atomic mass is 14.6. The molecule has 1 heteroatoms. The molecule has 1 aliphatic rings. The molecule has 0 heterocycles. The van der Waals surface area contributed by atoms with Gasteiger partial charge in [0.15, 0.2) is 0 Å². The molecular weight excluding hydrogens is 134 g/mol. The van der Waals surface area contributed by atoms with Gasteiger partial charge in [0, 0.05) is 6.04 Å². The lowest BCUT2D eigenvalue weighted by Gasteiger charge is -1.96. The number of allylic oxidation sites excluding steroid dienone is 1. The third kappa shape index (κ3) is 3.06. The van der Waals surface area contributed by atoms with Crippen LogP contribution in [0.2, 0.25) is 0 Å². The third-order valence-electron chi connectivity index (χ3n) is 2.35. The van der Waals surface area contributed by atoms with E-state index >= 15 is 0 Å². The van der Waals surface area contributed by atoms with Crippen molar-refractivity contribution in [2.45, 2.75) is 51.5 Å². The van der Waals surface area contributed by atoms with E-state index in [1.807, 2.05) is 0 Å². The second kappa shape index (κ2) is 4.55. The summed E-state index contributed by atoms with van der Waals surface area (Å²) >= 11 is 0. The van der Waals surface area contributed by atoms with Crippen molar-refractivity contribution in [3.63, 3.8) is 0 Å². The fourth-order valence-corrected chi connectivity index (χ4v) is 1.61. The Morgan fingerprint density at radius 2 is 2.45 bits per heavy atom. The molecule has 1 nitrogen and oxygen atoms in total. The van der Waals surface area contributed by atoms with Crippen LogP contribution in [0, 0.1) is 0 Å². The van der Waals surface area contributed by atoms with E-state index in [2.05, 4.69) is 13.0 Å². The normalized spacial score (nSPS) is 28.2. The van der Waals surface area contributed by atoms with Crippen LogP contribution in [0.15, 0.2) is 11.6 Å². The van der Waals surface area contributed by atoms with E-state index < -0.39 is 0 Å². The fourth-order valence-electron chi connectivity index (χ4n) is 1.61. The number of hydrogen-bond donors (Lipinski definition) is 1. The van der Waals surface area contributed by atoms with Crippen molar-refractivity contribution in [1.82, 2.24) is 0 Å². The molecule has 1 fully saturated rings. The van der Waals surface area contributed by atoms with Crippen molar-refractivity contribution in [1.29, 1.82) is 0 Å². The lowest BCUT2D eigenvalue weighted by molar-refractivity contribution is 0.711. The second-order valence-corrected chi connectivity index (χ2v) is 3.51. The largest absolute Gasteiger partial charge is 0.327 e. The SMILES string of the molecule is CCCC/C=C1/CCC(N)C1. The molecule has 0 saturated heterocycles. The Labute approximate surface area is 69.7 Å². The summed E-state index contributed by atoms with van der Waals surface area (Å²) < 4.78 is 0. The average Bonchev–Trinajstić information content (AvgIpc) is 2.37. The first-order valence-corrected chi connectivity index (χ1v) is 4.76. The average molecular weight is 153 g/mol. The van der Waals surface area contributed by atoms with Gasteiger partial charge in [-0.05, 0) is 25.7 Å². The first kappa shape index (κ1) is 8.79. The van der Waals surface area contributed by atoms with Gasteiger partial charge < -0.3 is 5.73 Å². The first-order chi connectivity index (χ1) is 5.33. The van der Waals surface area contributed by atoms with E-state index in [1.54, 1.807) is 5.57 Å². The summed E-state index contributed by atoms with van der Waals surface area (Å²) in [6.45, 7) is 2.24. The topological polar surface area (TPSA) is 26.0 Å². The maximum atomic E-state index is 5.79. The molecule has 0 amide bonds. The van der Waals surface area contributed by atoms with Gasteiger partial charge in [-0.2, -0.15) is 0 Å². The summed E-state index contributed by atoms with van der Waals surface area (Å²) in [4.78, 5) is 0. The molecule has 1 atom stereocenters. The Morgan fingerprint density at radius 3 is 3.00 bits per heavy atom. The summed E-state index contributed by atoms with van der Waals surface area (Å²) in [5, 5.41) is 0. The maximum Gasteiger partial charge on any atom is 0.00791 e. The summed E-state index contributed by atoms with van der Waals surface area (Å²) in [7, 11) is 0. The van der Waals surface area contributed by atoms with Crippen molar-refractivity contribution in [3.05, 3.63) is 11.6 Å². The minimum absolute atomic E-state index is 0.461. The zero-order valence-corrected chi connectivity index (χ0v) is 7.47. The summed E-state index contributed by atoms with van der Waals surface area (Å²) in [5.41, 5.74) is 7.39. The predicted molar refractivity (Wildman–Crippen MR) is 49.4 cm³/mol. The van der Waals surface area contributed by atoms with Crippen LogP contribution < -0.4 is 5.73 Å². The molecule has 2 N–H and O–H groups in total. The lowest BCUT2D eigenvalue weighted by Crippen LogP contribution is -2.13. The van der Waals surface area contributed by atoms with Crippen LogP contribution in [0.3, 0.4) is 0 Å². The van der Waals surface area contributed by atoms with Crippen LogP contribution in [0.5, 0.6) is 0 Å². The van der Waals surface area contributed by atoms with Gasteiger partial charge in [-0.3, -0.25) is 0 Å². The van der Waals surface area contributed by atoms with E-state index in [4.69, 9.17) is 5.73 Å². The molecule has 0 aromatic heterocycles. The monoisotopic (exact) mass is 153 g/mol. The van der Waals surface area contributed by atoms with Gasteiger partial charge in [0.2, 0.25) is 0 Å². The standard InChI is InChI=1S/C10H19N/c1-2-3-4-5-9-6-7-10(11)8-9/h5,10H,2-4,6-8,11H2,1H3/b9-5-. The van der Waals surface area contributed by atoms with E-state index in [0.29, 0.717) is 6.04 Å². The maximum absolute atomic E-state index is 5.79. The Bertz CT molecular complexity index is 138. The quantitative estimate of drug-likeness (QED) is 0.489. The van der Waals surface area contributed by atoms with Crippen LogP contribution >= 0.6 is 0 Å². The highest BCUT2D eigenvalue weighted by Gasteiger charge is 2.13. The molecule has 1 rings (SSSR count). The molecule has 11 heavy (non-hydrogen) atoms. The highest BCUT2D eigenvalue weighted by Crippen LogP contribution is 2.23. The van der Waals surface area contributed by atoms with Crippen LogP contribution in [0.1, 0.15) is 45.4 Å². The molecule has 0 aromatic carbocycles. The van der Waals surface area contributed by atoms with Crippen molar-refractivity contribution >= 4 is 0 Å². The molecular formula is C10H19N. The van der Waals surface area contributed by atoms with E-state index in [-0.39, 0.29) is 0 Å². The van der Waals surface area contributed by atoms with Gasteiger partial charge >= 0.3 is 0 Å². The molecule has 0 bridgehead atoms. The summed E-state index contributed by atoms with van der Waals surface area (Å²) in [6, 6.07) is 0.461. The minimum atomic E-state index is 0.461.